The van der Waals surface area contributed by atoms with Crippen molar-refractivity contribution in [2.45, 2.75) is 32.7 Å². The molecule has 0 saturated carbocycles. The van der Waals surface area contributed by atoms with Crippen LogP contribution in [0.4, 0.5) is 0 Å². The number of aryl methyl sites for hydroxylation is 1. The molecule has 0 aliphatic rings. The maximum absolute atomic E-state index is 11.5. The molecule has 1 amide bonds. The van der Waals surface area contributed by atoms with E-state index in [0.29, 0.717) is 12.2 Å². The van der Waals surface area contributed by atoms with Gasteiger partial charge in [0.1, 0.15) is 11.5 Å². The van der Waals surface area contributed by atoms with Crippen LogP contribution < -0.4 is 5.32 Å². The second-order valence-electron chi connectivity index (χ2n) is 4.12. The molecule has 1 rings (SSSR count). The summed E-state index contributed by atoms with van der Waals surface area (Å²) in [5, 5.41) is 11.2. The van der Waals surface area contributed by atoms with E-state index in [-0.39, 0.29) is 18.4 Å². The zero-order valence-corrected chi connectivity index (χ0v) is 10.5. The van der Waals surface area contributed by atoms with E-state index in [1.165, 1.54) is 6.08 Å². The molecule has 5 heteroatoms. The van der Waals surface area contributed by atoms with E-state index in [4.69, 9.17) is 9.52 Å². The smallest absolute Gasteiger partial charge is 0.303 e. The molecule has 1 aromatic rings. The van der Waals surface area contributed by atoms with Crippen LogP contribution in [-0.2, 0) is 9.59 Å². The number of hydrogen-bond donors (Lipinski definition) is 2. The van der Waals surface area contributed by atoms with Crippen molar-refractivity contribution in [2.24, 2.45) is 0 Å². The molecule has 1 unspecified atom stereocenters. The molecule has 0 aliphatic carbocycles. The van der Waals surface area contributed by atoms with Crippen molar-refractivity contribution in [3.8, 4) is 0 Å². The molecule has 0 aromatic carbocycles. The van der Waals surface area contributed by atoms with E-state index in [9.17, 15) is 9.59 Å². The van der Waals surface area contributed by atoms with Gasteiger partial charge in [-0.1, -0.05) is 0 Å². The molecule has 0 spiro atoms. The number of furan rings is 1. The van der Waals surface area contributed by atoms with Crippen molar-refractivity contribution < 1.29 is 19.1 Å². The highest BCUT2D eigenvalue weighted by molar-refractivity contribution is 5.91. The summed E-state index contributed by atoms with van der Waals surface area (Å²) in [6, 6.07) is 3.41. The molecule has 1 aromatic heterocycles. The highest BCUT2D eigenvalue weighted by Gasteiger charge is 2.07. The number of rotatable bonds is 6. The van der Waals surface area contributed by atoms with E-state index >= 15 is 0 Å². The maximum atomic E-state index is 11.5. The Hall–Kier alpha value is -2.04. The maximum Gasteiger partial charge on any atom is 0.303 e. The normalized spacial score (nSPS) is 12.6. The van der Waals surface area contributed by atoms with Gasteiger partial charge in [-0.25, -0.2) is 0 Å². The van der Waals surface area contributed by atoms with Gasteiger partial charge < -0.3 is 14.8 Å². The van der Waals surface area contributed by atoms with Gasteiger partial charge in [-0.2, -0.15) is 0 Å². The van der Waals surface area contributed by atoms with Crippen molar-refractivity contribution in [3.63, 3.8) is 0 Å². The molecule has 1 atom stereocenters. The van der Waals surface area contributed by atoms with Gasteiger partial charge in [0.25, 0.3) is 0 Å². The number of nitrogens with one attached hydrogen (secondary N) is 1. The first kappa shape index (κ1) is 14.0. The summed E-state index contributed by atoms with van der Waals surface area (Å²) in [7, 11) is 0. The summed E-state index contributed by atoms with van der Waals surface area (Å²) >= 11 is 0. The standard InChI is InChI=1S/C13H17NO4/c1-9(3-8-13(16)17)14-12(15)7-6-11-5-4-10(2)18-11/h4-7,9H,3,8H2,1-2H3,(H,14,15)(H,16,17)/b7-6+. The van der Waals surface area contributed by atoms with Crippen molar-refractivity contribution in [3.05, 3.63) is 29.7 Å². The predicted molar refractivity (Wildman–Crippen MR) is 67.0 cm³/mol. The molecule has 0 fully saturated rings. The minimum atomic E-state index is -0.863. The van der Waals surface area contributed by atoms with Gasteiger partial charge in [0.15, 0.2) is 0 Å². The van der Waals surface area contributed by atoms with Crippen LogP contribution in [0.25, 0.3) is 6.08 Å². The zero-order valence-electron chi connectivity index (χ0n) is 10.5. The quantitative estimate of drug-likeness (QED) is 0.757. The molecular formula is C13H17NO4. The summed E-state index contributed by atoms with van der Waals surface area (Å²) < 4.78 is 5.27. The molecule has 5 nitrogen and oxygen atoms in total. The average Bonchev–Trinajstić information content (AvgIpc) is 2.70. The van der Waals surface area contributed by atoms with E-state index in [2.05, 4.69) is 5.32 Å². The van der Waals surface area contributed by atoms with Crippen LogP contribution in [0.3, 0.4) is 0 Å². The Morgan fingerprint density at radius 1 is 1.50 bits per heavy atom. The van der Waals surface area contributed by atoms with Crippen LogP contribution in [0.5, 0.6) is 0 Å². The number of carboxylic acid groups (broad SMARTS) is 1. The Kier molecular flexibility index (Phi) is 5.17. The van der Waals surface area contributed by atoms with Gasteiger partial charge in [-0.3, -0.25) is 9.59 Å². The Labute approximate surface area is 105 Å². The van der Waals surface area contributed by atoms with Crippen LogP contribution >= 0.6 is 0 Å². The Balaban J connectivity index is 2.37. The number of amides is 1. The minimum Gasteiger partial charge on any atom is -0.481 e. The van der Waals surface area contributed by atoms with Gasteiger partial charge in [-0.15, -0.1) is 0 Å². The fourth-order valence-corrected chi connectivity index (χ4v) is 1.40. The van der Waals surface area contributed by atoms with E-state index in [0.717, 1.165) is 5.76 Å². The van der Waals surface area contributed by atoms with Crippen LogP contribution in [0, 0.1) is 6.92 Å². The summed E-state index contributed by atoms with van der Waals surface area (Å²) in [4.78, 5) is 21.9. The fourth-order valence-electron chi connectivity index (χ4n) is 1.40. The van der Waals surface area contributed by atoms with Gasteiger partial charge in [-0.05, 0) is 38.5 Å². The third kappa shape index (κ3) is 5.34. The summed E-state index contributed by atoms with van der Waals surface area (Å²) in [6.45, 7) is 3.59. The first-order valence-corrected chi connectivity index (χ1v) is 5.74. The largest absolute Gasteiger partial charge is 0.481 e. The van der Waals surface area contributed by atoms with Crippen LogP contribution in [-0.4, -0.2) is 23.0 Å². The Morgan fingerprint density at radius 3 is 2.78 bits per heavy atom. The third-order valence-corrected chi connectivity index (χ3v) is 2.34. The minimum absolute atomic E-state index is 0.0442. The molecular weight excluding hydrogens is 234 g/mol. The Bertz CT molecular complexity index is 448. The van der Waals surface area contributed by atoms with Crippen LogP contribution in [0.15, 0.2) is 22.6 Å². The average molecular weight is 251 g/mol. The number of aliphatic carboxylic acids is 1. The molecule has 98 valence electrons. The SMILES string of the molecule is Cc1ccc(/C=C/C(=O)NC(C)CCC(=O)O)o1. The van der Waals surface area contributed by atoms with Crippen LogP contribution in [0.1, 0.15) is 31.3 Å². The second kappa shape index (κ2) is 6.64. The highest BCUT2D eigenvalue weighted by Crippen LogP contribution is 2.07. The van der Waals surface area contributed by atoms with Crippen molar-refractivity contribution >= 4 is 18.0 Å². The molecule has 1 heterocycles. The molecule has 0 bridgehead atoms. The lowest BCUT2D eigenvalue weighted by molar-refractivity contribution is -0.137. The number of hydrogen-bond acceptors (Lipinski definition) is 3. The van der Waals surface area contributed by atoms with Crippen molar-refractivity contribution in [1.29, 1.82) is 0 Å². The second-order valence-corrected chi connectivity index (χ2v) is 4.12. The number of carbonyl (C=O) groups is 2. The Morgan fingerprint density at radius 2 is 2.22 bits per heavy atom. The lowest BCUT2D eigenvalue weighted by Gasteiger charge is -2.10. The highest BCUT2D eigenvalue weighted by atomic mass is 16.4. The summed E-state index contributed by atoms with van der Waals surface area (Å²) in [6.07, 6.45) is 3.40. The van der Waals surface area contributed by atoms with Gasteiger partial charge in [0.05, 0.1) is 0 Å². The monoisotopic (exact) mass is 251 g/mol. The molecule has 0 saturated heterocycles. The molecule has 0 aliphatic heterocycles. The lowest BCUT2D eigenvalue weighted by atomic mass is 10.2. The van der Waals surface area contributed by atoms with Crippen molar-refractivity contribution in [1.82, 2.24) is 5.32 Å². The van der Waals surface area contributed by atoms with Gasteiger partial charge in [0.2, 0.25) is 5.91 Å². The van der Waals surface area contributed by atoms with E-state index in [1.807, 2.05) is 13.0 Å². The molecule has 2 N–H and O–H groups in total. The zero-order chi connectivity index (χ0) is 13.5. The number of carbonyl (C=O) groups excluding carboxylic acids is 1. The molecule has 0 radical (unpaired) electrons. The summed E-state index contributed by atoms with van der Waals surface area (Å²) in [5.74, 6) is 0.269. The van der Waals surface area contributed by atoms with Gasteiger partial charge >= 0.3 is 5.97 Å². The number of carboxylic acids is 1. The molecule has 18 heavy (non-hydrogen) atoms. The topological polar surface area (TPSA) is 79.5 Å². The third-order valence-electron chi connectivity index (χ3n) is 2.34. The lowest BCUT2D eigenvalue weighted by Crippen LogP contribution is -2.31. The summed E-state index contributed by atoms with van der Waals surface area (Å²) in [5.41, 5.74) is 0. The van der Waals surface area contributed by atoms with E-state index < -0.39 is 5.97 Å². The van der Waals surface area contributed by atoms with Crippen LogP contribution in [0.2, 0.25) is 0 Å². The predicted octanol–water partition coefficient (Wildman–Crippen LogP) is 1.97. The van der Waals surface area contributed by atoms with Gasteiger partial charge in [0, 0.05) is 18.5 Å². The fraction of sp³-hybridized carbons (Fsp3) is 0.385. The van der Waals surface area contributed by atoms with Crippen molar-refractivity contribution in [2.75, 3.05) is 0 Å². The van der Waals surface area contributed by atoms with E-state index in [1.54, 1.807) is 19.1 Å². The first-order valence-electron chi connectivity index (χ1n) is 5.74. The first-order chi connectivity index (χ1) is 8.47.